The minimum absolute atomic E-state index is 0.152. The van der Waals surface area contributed by atoms with E-state index >= 15 is 0 Å². The molecule has 0 aromatic heterocycles. The van der Waals surface area contributed by atoms with E-state index in [2.05, 4.69) is 21.9 Å². The van der Waals surface area contributed by atoms with E-state index in [1.165, 1.54) is 7.11 Å². The SMILES string of the molecule is CCCN(C)c1ccc(C(=O)Nc2ccc(OCC(=O)OC)cc2C)cc1. The topological polar surface area (TPSA) is 67.9 Å². The van der Waals surface area contributed by atoms with Crippen molar-refractivity contribution in [3.8, 4) is 5.75 Å². The molecule has 0 saturated heterocycles. The van der Waals surface area contributed by atoms with E-state index in [1.807, 2.05) is 38.2 Å². The molecule has 0 atom stereocenters. The lowest BCUT2D eigenvalue weighted by atomic mass is 10.1. The van der Waals surface area contributed by atoms with Crippen LogP contribution in [0.15, 0.2) is 42.5 Å². The van der Waals surface area contributed by atoms with Crippen molar-refractivity contribution in [3.05, 3.63) is 53.6 Å². The number of anilines is 2. The number of carbonyl (C=O) groups excluding carboxylic acids is 2. The number of nitrogens with one attached hydrogen (secondary N) is 1. The van der Waals surface area contributed by atoms with Crippen molar-refractivity contribution in [1.82, 2.24) is 0 Å². The number of hydrogen-bond acceptors (Lipinski definition) is 5. The maximum absolute atomic E-state index is 12.5. The molecule has 1 N–H and O–H groups in total. The lowest BCUT2D eigenvalue weighted by molar-refractivity contribution is -0.142. The average molecular weight is 370 g/mol. The molecule has 0 aliphatic carbocycles. The third-order valence-corrected chi connectivity index (χ3v) is 4.16. The molecule has 1 amide bonds. The second-order valence-corrected chi connectivity index (χ2v) is 6.26. The van der Waals surface area contributed by atoms with Crippen LogP contribution < -0.4 is 15.0 Å². The van der Waals surface area contributed by atoms with Crippen molar-refractivity contribution in [2.45, 2.75) is 20.3 Å². The van der Waals surface area contributed by atoms with E-state index in [-0.39, 0.29) is 12.5 Å². The Labute approximate surface area is 160 Å². The third kappa shape index (κ3) is 5.74. The van der Waals surface area contributed by atoms with E-state index in [0.29, 0.717) is 17.0 Å². The maximum atomic E-state index is 12.5. The van der Waals surface area contributed by atoms with E-state index in [0.717, 1.165) is 24.2 Å². The minimum Gasteiger partial charge on any atom is -0.482 e. The highest BCUT2D eigenvalue weighted by Crippen LogP contribution is 2.22. The van der Waals surface area contributed by atoms with Crippen LogP contribution in [0.25, 0.3) is 0 Å². The van der Waals surface area contributed by atoms with Gasteiger partial charge in [0.1, 0.15) is 5.75 Å². The van der Waals surface area contributed by atoms with Gasteiger partial charge in [-0.2, -0.15) is 0 Å². The van der Waals surface area contributed by atoms with Crippen molar-refractivity contribution in [1.29, 1.82) is 0 Å². The van der Waals surface area contributed by atoms with Crippen LogP contribution in [-0.2, 0) is 9.53 Å². The van der Waals surface area contributed by atoms with E-state index in [4.69, 9.17) is 4.74 Å². The van der Waals surface area contributed by atoms with Crippen LogP contribution in [0, 0.1) is 6.92 Å². The van der Waals surface area contributed by atoms with Gasteiger partial charge >= 0.3 is 5.97 Å². The molecule has 0 saturated carbocycles. The molecule has 2 rings (SSSR count). The number of hydrogen-bond donors (Lipinski definition) is 1. The largest absolute Gasteiger partial charge is 0.482 e. The number of amides is 1. The van der Waals surface area contributed by atoms with Crippen LogP contribution >= 0.6 is 0 Å². The molecule has 0 radical (unpaired) electrons. The van der Waals surface area contributed by atoms with Gasteiger partial charge < -0.3 is 19.7 Å². The highest BCUT2D eigenvalue weighted by molar-refractivity contribution is 6.04. The molecule has 0 fully saturated rings. The number of rotatable bonds is 8. The van der Waals surface area contributed by atoms with Gasteiger partial charge in [-0.15, -0.1) is 0 Å². The number of ether oxygens (including phenoxy) is 2. The van der Waals surface area contributed by atoms with Crippen LogP contribution in [0.1, 0.15) is 29.3 Å². The van der Waals surface area contributed by atoms with Crippen LogP contribution in [0.4, 0.5) is 11.4 Å². The summed E-state index contributed by atoms with van der Waals surface area (Å²) in [5, 5.41) is 2.90. The smallest absolute Gasteiger partial charge is 0.343 e. The Kier molecular flexibility index (Phi) is 7.23. The lowest BCUT2D eigenvalue weighted by Gasteiger charge is -2.18. The molecular weight excluding hydrogens is 344 g/mol. The summed E-state index contributed by atoms with van der Waals surface area (Å²) in [5.74, 6) is -0.0803. The van der Waals surface area contributed by atoms with Gasteiger partial charge in [-0.05, 0) is 61.4 Å². The van der Waals surface area contributed by atoms with Gasteiger partial charge in [0, 0.05) is 30.5 Å². The van der Waals surface area contributed by atoms with E-state index in [1.54, 1.807) is 18.2 Å². The summed E-state index contributed by atoms with van der Waals surface area (Å²) in [5.41, 5.74) is 3.20. The normalized spacial score (nSPS) is 10.2. The molecule has 6 nitrogen and oxygen atoms in total. The molecule has 0 unspecified atom stereocenters. The molecular formula is C21H26N2O4. The van der Waals surface area contributed by atoms with E-state index < -0.39 is 5.97 Å². The Morgan fingerprint density at radius 2 is 1.81 bits per heavy atom. The number of benzene rings is 2. The quantitative estimate of drug-likeness (QED) is 0.719. The van der Waals surface area contributed by atoms with Crippen LogP contribution in [-0.4, -0.2) is 39.2 Å². The zero-order chi connectivity index (χ0) is 19.8. The Morgan fingerprint density at radius 1 is 1.11 bits per heavy atom. The second-order valence-electron chi connectivity index (χ2n) is 6.26. The number of esters is 1. The lowest BCUT2D eigenvalue weighted by Crippen LogP contribution is -2.18. The van der Waals surface area contributed by atoms with Crippen molar-refractivity contribution in [2.75, 3.05) is 37.5 Å². The standard InChI is InChI=1S/C21H26N2O4/c1-5-12-23(3)17-8-6-16(7-9-17)21(25)22-19-11-10-18(13-15(19)2)27-14-20(24)26-4/h6-11,13H,5,12,14H2,1-4H3,(H,22,25). The Balaban J connectivity index is 2.01. The Bertz CT molecular complexity index is 787. The average Bonchev–Trinajstić information content (AvgIpc) is 2.68. The van der Waals surface area contributed by atoms with Gasteiger partial charge in [-0.1, -0.05) is 6.92 Å². The van der Waals surface area contributed by atoms with Crippen LogP contribution in [0.2, 0.25) is 0 Å². The van der Waals surface area contributed by atoms with Crippen molar-refractivity contribution in [3.63, 3.8) is 0 Å². The first-order valence-electron chi connectivity index (χ1n) is 8.87. The van der Waals surface area contributed by atoms with Crippen molar-refractivity contribution >= 4 is 23.3 Å². The zero-order valence-electron chi connectivity index (χ0n) is 16.2. The second kappa shape index (κ2) is 9.62. The summed E-state index contributed by atoms with van der Waals surface area (Å²) in [7, 11) is 3.34. The fourth-order valence-electron chi connectivity index (χ4n) is 2.59. The number of nitrogens with zero attached hydrogens (tertiary/aromatic N) is 1. The van der Waals surface area contributed by atoms with Gasteiger partial charge in [0.15, 0.2) is 6.61 Å². The number of carbonyl (C=O) groups is 2. The highest BCUT2D eigenvalue weighted by atomic mass is 16.6. The summed E-state index contributed by atoms with van der Waals surface area (Å²) in [6.45, 7) is 4.81. The predicted molar refractivity (Wildman–Crippen MR) is 107 cm³/mol. The van der Waals surface area contributed by atoms with Gasteiger partial charge in [0.2, 0.25) is 0 Å². The first kappa shape index (κ1) is 20.3. The summed E-state index contributed by atoms with van der Waals surface area (Å²) in [4.78, 5) is 25.8. The summed E-state index contributed by atoms with van der Waals surface area (Å²) < 4.78 is 9.89. The summed E-state index contributed by atoms with van der Waals surface area (Å²) >= 11 is 0. The third-order valence-electron chi connectivity index (χ3n) is 4.16. The monoisotopic (exact) mass is 370 g/mol. The maximum Gasteiger partial charge on any atom is 0.343 e. The molecule has 6 heteroatoms. The van der Waals surface area contributed by atoms with Gasteiger partial charge in [0.05, 0.1) is 7.11 Å². The minimum atomic E-state index is -0.446. The molecule has 2 aromatic carbocycles. The highest BCUT2D eigenvalue weighted by Gasteiger charge is 2.10. The van der Waals surface area contributed by atoms with E-state index in [9.17, 15) is 9.59 Å². The van der Waals surface area contributed by atoms with Crippen molar-refractivity contribution < 1.29 is 19.1 Å². The van der Waals surface area contributed by atoms with Gasteiger partial charge in [0.25, 0.3) is 5.91 Å². The van der Waals surface area contributed by atoms with Crippen LogP contribution in [0.5, 0.6) is 5.75 Å². The number of methoxy groups -OCH3 is 1. The first-order chi connectivity index (χ1) is 12.9. The Morgan fingerprint density at radius 3 is 2.41 bits per heavy atom. The summed E-state index contributed by atoms with van der Waals surface area (Å²) in [6.07, 6.45) is 1.07. The fraction of sp³-hybridized carbons (Fsp3) is 0.333. The zero-order valence-corrected chi connectivity index (χ0v) is 16.2. The molecule has 0 heterocycles. The molecule has 0 spiro atoms. The Hall–Kier alpha value is -3.02. The van der Waals surface area contributed by atoms with Gasteiger partial charge in [-0.25, -0.2) is 4.79 Å². The molecule has 27 heavy (non-hydrogen) atoms. The predicted octanol–water partition coefficient (Wildman–Crippen LogP) is 3.65. The first-order valence-corrected chi connectivity index (χ1v) is 8.87. The summed E-state index contributed by atoms with van der Waals surface area (Å²) in [6, 6.07) is 12.8. The molecule has 2 aromatic rings. The molecule has 0 aliphatic rings. The number of aryl methyl sites for hydroxylation is 1. The molecule has 0 bridgehead atoms. The van der Waals surface area contributed by atoms with Crippen molar-refractivity contribution in [2.24, 2.45) is 0 Å². The fourth-order valence-corrected chi connectivity index (χ4v) is 2.59. The van der Waals surface area contributed by atoms with Crippen LogP contribution in [0.3, 0.4) is 0 Å². The van der Waals surface area contributed by atoms with Gasteiger partial charge in [-0.3, -0.25) is 4.79 Å². The molecule has 0 aliphatic heterocycles. The molecule has 144 valence electrons.